The molecule has 0 spiro atoms. The molecule has 3 rings (SSSR count). The number of hydrogen-bond acceptors (Lipinski definition) is 7. The number of carbonyl (C=O) groups is 1. The predicted molar refractivity (Wildman–Crippen MR) is 103 cm³/mol. The van der Waals surface area contributed by atoms with Gasteiger partial charge in [0.25, 0.3) is 11.5 Å². The number of amides is 1. The van der Waals surface area contributed by atoms with E-state index >= 15 is 0 Å². The summed E-state index contributed by atoms with van der Waals surface area (Å²) in [5, 5.41) is 11.8. The van der Waals surface area contributed by atoms with E-state index in [-0.39, 0.29) is 11.3 Å². The zero-order chi connectivity index (χ0) is 19.2. The van der Waals surface area contributed by atoms with E-state index in [9.17, 15) is 9.59 Å². The molecule has 0 aliphatic heterocycles. The SMILES string of the molecule is CCCc1nnc(NC(=O)c2cc(=O)[nH]c(Cc3ccc(OC)cc3)n2)s1. The molecule has 0 atom stereocenters. The standard InChI is InChI=1S/C18H19N5O3S/c1-3-4-16-22-23-18(27-16)21-17(25)13-10-15(24)20-14(19-13)9-11-5-7-12(26-2)8-6-11/h5-8,10H,3-4,9H2,1-2H3,(H,19,20,24)(H,21,23,25). The highest BCUT2D eigenvalue weighted by Gasteiger charge is 2.13. The highest BCUT2D eigenvalue weighted by molar-refractivity contribution is 7.15. The Labute approximate surface area is 159 Å². The molecule has 0 saturated heterocycles. The van der Waals surface area contributed by atoms with Crippen molar-refractivity contribution in [1.29, 1.82) is 0 Å². The first kappa shape index (κ1) is 18.7. The molecule has 0 bridgehead atoms. The van der Waals surface area contributed by atoms with E-state index in [0.717, 1.165) is 29.2 Å². The Balaban J connectivity index is 1.75. The number of benzene rings is 1. The van der Waals surface area contributed by atoms with E-state index in [0.29, 0.717) is 17.4 Å². The van der Waals surface area contributed by atoms with Crippen LogP contribution in [0.2, 0.25) is 0 Å². The molecule has 0 unspecified atom stereocenters. The molecule has 3 aromatic rings. The average molecular weight is 385 g/mol. The third kappa shape index (κ3) is 4.98. The molecule has 0 aliphatic carbocycles. The fourth-order valence-corrected chi connectivity index (χ4v) is 3.26. The lowest BCUT2D eigenvalue weighted by Gasteiger charge is -2.05. The minimum Gasteiger partial charge on any atom is -0.497 e. The summed E-state index contributed by atoms with van der Waals surface area (Å²) >= 11 is 1.32. The minimum absolute atomic E-state index is 0.0366. The number of anilines is 1. The first-order chi connectivity index (χ1) is 13.1. The number of ether oxygens (including phenoxy) is 1. The Kier molecular flexibility index (Phi) is 5.92. The van der Waals surface area contributed by atoms with Gasteiger partial charge in [0.2, 0.25) is 5.13 Å². The van der Waals surface area contributed by atoms with Crippen molar-refractivity contribution < 1.29 is 9.53 Å². The van der Waals surface area contributed by atoms with Crippen LogP contribution in [0.3, 0.4) is 0 Å². The van der Waals surface area contributed by atoms with E-state index in [1.54, 1.807) is 7.11 Å². The van der Waals surface area contributed by atoms with Gasteiger partial charge < -0.3 is 9.72 Å². The summed E-state index contributed by atoms with van der Waals surface area (Å²) in [5.41, 5.74) is 0.585. The fraction of sp³-hybridized carbons (Fsp3) is 0.278. The first-order valence-electron chi connectivity index (χ1n) is 8.44. The second-order valence-electron chi connectivity index (χ2n) is 5.81. The number of hydrogen-bond donors (Lipinski definition) is 2. The molecule has 9 heteroatoms. The molecule has 2 N–H and O–H groups in total. The highest BCUT2D eigenvalue weighted by Crippen LogP contribution is 2.17. The largest absolute Gasteiger partial charge is 0.497 e. The van der Waals surface area contributed by atoms with Gasteiger partial charge in [-0.1, -0.05) is 30.4 Å². The van der Waals surface area contributed by atoms with Gasteiger partial charge in [-0.25, -0.2) is 4.98 Å². The molecule has 27 heavy (non-hydrogen) atoms. The summed E-state index contributed by atoms with van der Waals surface area (Å²) in [6.07, 6.45) is 2.15. The monoisotopic (exact) mass is 385 g/mol. The van der Waals surface area contributed by atoms with E-state index < -0.39 is 5.91 Å². The molecule has 2 heterocycles. The van der Waals surface area contributed by atoms with Crippen molar-refractivity contribution in [2.45, 2.75) is 26.2 Å². The van der Waals surface area contributed by atoms with Crippen molar-refractivity contribution in [3.63, 3.8) is 0 Å². The van der Waals surface area contributed by atoms with E-state index in [1.807, 2.05) is 31.2 Å². The molecule has 140 valence electrons. The molecule has 1 amide bonds. The second kappa shape index (κ2) is 8.54. The maximum absolute atomic E-state index is 12.4. The van der Waals surface area contributed by atoms with Gasteiger partial charge >= 0.3 is 0 Å². The van der Waals surface area contributed by atoms with Crippen molar-refractivity contribution in [3.8, 4) is 5.75 Å². The zero-order valence-electron chi connectivity index (χ0n) is 15.0. The van der Waals surface area contributed by atoms with Crippen molar-refractivity contribution in [1.82, 2.24) is 20.2 Å². The number of aromatic nitrogens is 4. The number of aromatic amines is 1. The Hall–Kier alpha value is -3.07. The van der Waals surface area contributed by atoms with Crippen LogP contribution in [0.5, 0.6) is 5.75 Å². The van der Waals surface area contributed by atoms with Crippen molar-refractivity contribution >= 4 is 22.4 Å². The van der Waals surface area contributed by atoms with Gasteiger partial charge in [0, 0.05) is 18.9 Å². The van der Waals surface area contributed by atoms with Gasteiger partial charge in [-0.15, -0.1) is 10.2 Å². The molecular formula is C18H19N5O3S. The summed E-state index contributed by atoms with van der Waals surface area (Å²) in [7, 11) is 1.60. The van der Waals surface area contributed by atoms with Crippen LogP contribution in [-0.2, 0) is 12.8 Å². The lowest BCUT2D eigenvalue weighted by molar-refractivity contribution is 0.102. The van der Waals surface area contributed by atoms with E-state index in [4.69, 9.17) is 4.74 Å². The van der Waals surface area contributed by atoms with Gasteiger partial charge in [0.15, 0.2) is 0 Å². The fourth-order valence-electron chi connectivity index (χ4n) is 2.43. The summed E-state index contributed by atoms with van der Waals surface area (Å²) in [6.45, 7) is 2.05. The molecular weight excluding hydrogens is 366 g/mol. The Bertz CT molecular complexity index is 981. The number of carbonyl (C=O) groups excluding carboxylic acids is 1. The number of H-pyrrole nitrogens is 1. The van der Waals surface area contributed by atoms with Gasteiger partial charge in [-0.3, -0.25) is 14.9 Å². The van der Waals surface area contributed by atoms with Crippen molar-refractivity contribution in [3.05, 3.63) is 62.8 Å². The summed E-state index contributed by atoms with van der Waals surface area (Å²) in [6, 6.07) is 8.58. The Morgan fingerprint density at radius 2 is 2.04 bits per heavy atom. The minimum atomic E-state index is -0.490. The van der Waals surface area contributed by atoms with Gasteiger partial charge in [0.1, 0.15) is 22.3 Å². The third-order valence-corrected chi connectivity index (χ3v) is 4.60. The molecule has 0 saturated carbocycles. The van der Waals surface area contributed by atoms with Gasteiger partial charge in [-0.05, 0) is 24.1 Å². The molecule has 0 aliphatic rings. The van der Waals surface area contributed by atoms with Crippen LogP contribution in [0, 0.1) is 0 Å². The number of nitrogens with one attached hydrogen (secondary N) is 2. The number of rotatable bonds is 7. The van der Waals surface area contributed by atoms with Crippen LogP contribution in [-0.4, -0.2) is 33.2 Å². The summed E-state index contributed by atoms with van der Waals surface area (Å²) in [5.74, 6) is 0.658. The normalized spacial score (nSPS) is 10.6. The molecule has 2 aromatic heterocycles. The summed E-state index contributed by atoms with van der Waals surface area (Å²) in [4.78, 5) is 31.3. The highest BCUT2D eigenvalue weighted by atomic mass is 32.1. The van der Waals surface area contributed by atoms with Crippen LogP contribution in [0.4, 0.5) is 5.13 Å². The van der Waals surface area contributed by atoms with Crippen LogP contribution in [0.1, 0.15) is 40.2 Å². The number of nitrogens with zero attached hydrogens (tertiary/aromatic N) is 3. The summed E-state index contributed by atoms with van der Waals surface area (Å²) < 4.78 is 5.13. The Morgan fingerprint density at radius 3 is 2.74 bits per heavy atom. The van der Waals surface area contributed by atoms with Crippen LogP contribution in [0.25, 0.3) is 0 Å². The van der Waals surface area contributed by atoms with Crippen LogP contribution < -0.4 is 15.6 Å². The van der Waals surface area contributed by atoms with Crippen molar-refractivity contribution in [2.24, 2.45) is 0 Å². The average Bonchev–Trinajstić information content (AvgIpc) is 3.09. The van der Waals surface area contributed by atoms with Gasteiger partial charge in [-0.2, -0.15) is 0 Å². The smallest absolute Gasteiger partial charge is 0.276 e. The first-order valence-corrected chi connectivity index (χ1v) is 9.26. The second-order valence-corrected chi connectivity index (χ2v) is 6.87. The van der Waals surface area contributed by atoms with Crippen LogP contribution >= 0.6 is 11.3 Å². The topological polar surface area (TPSA) is 110 Å². The number of methoxy groups -OCH3 is 1. The quantitative estimate of drug-likeness (QED) is 0.646. The van der Waals surface area contributed by atoms with Gasteiger partial charge in [0.05, 0.1) is 7.11 Å². The molecule has 0 fully saturated rings. The van der Waals surface area contributed by atoms with E-state index in [2.05, 4.69) is 25.5 Å². The maximum Gasteiger partial charge on any atom is 0.276 e. The Morgan fingerprint density at radius 1 is 1.26 bits per heavy atom. The van der Waals surface area contributed by atoms with E-state index in [1.165, 1.54) is 17.4 Å². The predicted octanol–water partition coefficient (Wildman–Crippen LogP) is 2.43. The molecule has 1 aromatic carbocycles. The van der Waals surface area contributed by atoms with Crippen molar-refractivity contribution in [2.75, 3.05) is 12.4 Å². The third-order valence-electron chi connectivity index (χ3n) is 3.71. The lowest BCUT2D eigenvalue weighted by Crippen LogP contribution is -2.20. The zero-order valence-corrected chi connectivity index (χ0v) is 15.8. The molecule has 8 nitrogen and oxygen atoms in total. The van der Waals surface area contributed by atoms with Crippen LogP contribution in [0.15, 0.2) is 35.1 Å². The number of aryl methyl sites for hydroxylation is 1. The lowest BCUT2D eigenvalue weighted by atomic mass is 10.1. The molecule has 0 radical (unpaired) electrons. The maximum atomic E-state index is 12.4.